The molecule has 3 heteroatoms. The van der Waals surface area contributed by atoms with E-state index in [1.165, 1.54) is 32.1 Å². The summed E-state index contributed by atoms with van der Waals surface area (Å²) < 4.78 is 0. The average Bonchev–Trinajstić information content (AvgIpc) is 2.22. The second-order valence-electron chi connectivity index (χ2n) is 4.58. The fourth-order valence-corrected chi connectivity index (χ4v) is 2.55. The van der Waals surface area contributed by atoms with Gasteiger partial charge in [0, 0.05) is 5.54 Å². The summed E-state index contributed by atoms with van der Waals surface area (Å²) in [7, 11) is 0. The van der Waals surface area contributed by atoms with Crippen LogP contribution in [0.1, 0.15) is 58.3 Å². The van der Waals surface area contributed by atoms with Crippen molar-refractivity contribution in [2.45, 2.75) is 63.8 Å². The molecule has 0 unspecified atom stereocenters. The SMILES string of the molecule is CCC1(NC(=O)CCl)CCCCCCC1. The molecule has 0 saturated heterocycles. The Balaban J connectivity index is 2.57. The zero-order chi connectivity index (χ0) is 11.1. The van der Waals surface area contributed by atoms with Crippen molar-refractivity contribution in [3.8, 4) is 0 Å². The molecule has 0 aromatic carbocycles. The number of rotatable bonds is 3. The second kappa shape index (κ2) is 6.37. The lowest BCUT2D eigenvalue weighted by molar-refractivity contribution is -0.120. The lowest BCUT2D eigenvalue weighted by Crippen LogP contribution is -2.48. The minimum Gasteiger partial charge on any atom is -0.350 e. The molecular formula is C12H22ClNO. The Morgan fingerprint density at radius 1 is 1.20 bits per heavy atom. The Kier molecular flexibility index (Phi) is 5.44. The first-order chi connectivity index (χ1) is 7.22. The first-order valence-corrected chi connectivity index (χ1v) is 6.63. The number of amides is 1. The maximum atomic E-state index is 11.4. The van der Waals surface area contributed by atoms with Gasteiger partial charge in [0.15, 0.2) is 0 Å². The van der Waals surface area contributed by atoms with Crippen molar-refractivity contribution in [3.05, 3.63) is 0 Å². The Hall–Kier alpha value is -0.240. The lowest BCUT2D eigenvalue weighted by atomic mass is 9.82. The van der Waals surface area contributed by atoms with Gasteiger partial charge >= 0.3 is 0 Å². The van der Waals surface area contributed by atoms with E-state index in [1.807, 2.05) is 0 Å². The van der Waals surface area contributed by atoms with Crippen LogP contribution in [0.3, 0.4) is 0 Å². The molecule has 88 valence electrons. The number of alkyl halides is 1. The minimum absolute atomic E-state index is 0.0147. The first kappa shape index (κ1) is 12.8. The summed E-state index contributed by atoms with van der Waals surface area (Å²) in [5.41, 5.74) is 0.0341. The molecule has 0 spiro atoms. The van der Waals surface area contributed by atoms with Crippen LogP contribution in [-0.4, -0.2) is 17.3 Å². The van der Waals surface area contributed by atoms with Crippen LogP contribution in [0.15, 0.2) is 0 Å². The van der Waals surface area contributed by atoms with Gasteiger partial charge in [0.2, 0.25) is 5.91 Å². The van der Waals surface area contributed by atoms with Gasteiger partial charge in [-0.2, -0.15) is 0 Å². The van der Waals surface area contributed by atoms with Crippen LogP contribution in [0.4, 0.5) is 0 Å². The molecule has 0 atom stereocenters. The third kappa shape index (κ3) is 4.02. The average molecular weight is 232 g/mol. The summed E-state index contributed by atoms with van der Waals surface area (Å²) in [6, 6.07) is 0. The van der Waals surface area contributed by atoms with E-state index in [0.29, 0.717) is 0 Å². The summed E-state index contributed by atoms with van der Waals surface area (Å²) in [5, 5.41) is 3.13. The number of carbonyl (C=O) groups is 1. The number of hydrogen-bond acceptors (Lipinski definition) is 1. The van der Waals surface area contributed by atoms with Crippen molar-refractivity contribution in [1.29, 1.82) is 0 Å². The van der Waals surface area contributed by atoms with Gasteiger partial charge in [-0.15, -0.1) is 11.6 Å². The fraction of sp³-hybridized carbons (Fsp3) is 0.917. The molecule has 1 N–H and O–H groups in total. The highest BCUT2D eigenvalue weighted by Crippen LogP contribution is 2.28. The zero-order valence-electron chi connectivity index (χ0n) is 9.65. The van der Waals surface area contributed by atoms with E-state index in [4.69, 9.17) is 11.6 Å². The van der Waals surface area contributed by atoms with Crippen LogP contribution in [-0.2, 0) is 4.79 Å². The Morgan fingerprint density at radius 3 is 2.20 bits per heavy atom. The zero-order valence-corrected chi connectivity index (χ0v) is 10.4. The molecule has 0 bridgehead atoms. The Bertz CT molecular complexity index is 198. The van der Waals surface area contributed by atoms with Gasteiger partial charge in [0.25, 0.3) is 0 Å². The van der Waals surface area contributed by atoms with Crippen LogP contribution < -0.4 is 5.32 Å². The van der Waals surface area contributed by atoms with Crippen LogP contribution in [0.2, 0.25) is 0 Å². The monoisotopic (exact) mass is 231 g/mol. The summed E-state index contributed by atoms with van der Waals surface area (Å²) in [6.45, 7) is 2.16. The molecule has 1 aliphatic rings. The molecule has 1 saturated carbocycles. The van der Waals surface area contributed by atoms with Crippen molar-refractivity contribution in [3.63, 3.8) is 0 Å². The number of hydrogen-bond donors (Lipinski definition) is 1. The summed E-state index contributed by atoms with van der Waals surface area (Å²) in [5.74, 6) is 0.0703. The quantitative estimate of drug-likeness (QED) is 0.743. The number of nitrogens with one attached hydrogen (secondary N) is 1. The highest BCUT2D eigenvalue weighted by molar-refractivity contribution is 6.27. The Morgan fingerprint density at radius 2 is 1.73 bits per heavy atom. The molecular weight excluding hydrogens is 210 g/mol. The second-order valence-corrected chi connectivity index (χ2v) is 4.85. The van der Waals surface area contributed by atoms with E-state index < -0.39 is 0 Å². The van der Waals surface area contributed by atoms with Gasteiger partial charge in [-0.1, -0.05) is 39.0 Å². The third-order valence-electron chi connectivity index (χ3n) is 3.51. The highest BCUT2D eigenvalue weighted by atomic mass is 35.5. The van der Waals surface area contributed by atoms with E-state index in [0.717, 1.165) is 19.3 Å². The Labute approximate surface area is 97.8 Å². The molecule has 0 aromatic rings. The van der Waals surface area contributed by atoms with E-state index in [9.17, 15) is 4.79 Å². The minimum atomic E-state index is -0.0147. The van der Waals surface area contributed by atoms with E-state index >= 15 is 0 Å². The van der Waals surface area contributed by atoms with Crippen LogP contribution in [0.25, 0.3) is 0 Å². The van der Waals surface area contributed by atoms with Crippen LogP contribution in [0.5, 0.6) is 0 Å². The largest absolute Gasteiger partial charge is 0.350 e. The van der Waals surface area contributed by atoms with Gasteiger partial charge in [-0.25, -0.2) is 0 Å². The van der Waals surface area contributed by atoms with Gasteiger partial charge in [-0.3, -0.25) is 4.79 Å². The van der Waals surface area contributed by atoms with Gasteiger partial charge in [-0.05, 0) is 19.3 Å². The summed E-state index contributed by atoms with van der Waals surface area (Å²) in [6.07, 6.45) is 9.68. The summed E-state index contributed by atoms with van der Waals surface area (Å²) in [4.78, 5) is 11.4. The standard InChI is InChI=1S/C12H22ClNO/c1-2-12(14-11(15)10-13)8-6-4-3-5-7-9-12/h2-10H2,1H3,(H,14,15). The van der Waals surface area contributed by atoms with Crippen molar-refractivity contribution in [2.75, 3.05) is 5.88 Å². The van der Waals surface area contributed by atoms with Gasteiger partial charge in [0.1, 0.15) is 5.88 Å². The molecule has 0 heterocycles. The van der Waals surface area contributed by atoms with E-state index in [-0.39, 0.29) is 17.3 Å². The molecule has 1 rings (SSSR count). The van der Waals surface area contributed by atoms with Crippen molar-refractivity contribution >= 4 is 17.5 Å². The molecule has 0 aromatic heterocycles. The molecule has 1 aliphatic carbocycles. The van der Waals surface area contributed by atoms with Gasteiger partial charge < -0.3 is 5.32 Å². The molecule has 0 aliphatic heterocycles. The molecule has 1 fully saturated rings. The van der Waals surface area contributed by atoms with E-state index in [2.05, 4.69) is 12.2 Å². The topological polar surface area (TPSA) is 29.1 Å². The predicted octanol–water partition coefficient (Wildman–Crippen LogP) is 3.23. The van der Waals surface area contributed by atoms with Crippen molar-refractivity contribution in [1.82, 2.24) is 5.32 Å². The normalized spacial score (nSPS) is 21.5. The third-order valence-corrected chi connectivity index (χ3v) is 3.76. The maximum Gasteiger partial charge on any atom is 0.235 e. The number of halogens is 1. The van der Waals surface area contributed by atoms with Crippen molar-refractivity contribution < 1.29 is 4.79 Å². The van der Waals surface area contributed by atoms with E-state index in [1.54, 1.807) is 0 Å². The van der Waals surface area contributed by atoms with Crippen LogP contribution >= 0.6 is 11.6 Å². The molecule has 2 nitrogen and oxygen atoms in total. The highest BCUT2D eigenvalue weighted by Gasteiger charge is 2.29. The molecule has 0 radical (unpaired) electrons. The predicted molar refractivity (Wildman–Crippen MR) is 64.2 cm³/mol. The first-order valence-electron chi connectivity index (χ1n) is 6.09. The van der Waals surface area contributed by atoms with Gasteiger partial charge in [0.05, 0.1) is 0 Å². The summed E-state index contributed by atoms with van der Waals surface area (Å²) >= 11 is 5.55. The molecule has 15 heavy (non-hydrogen) atoms. The molecule has 1 amide bonds. The van der Waals surface area contributed by atoms with Crippen LogP contribution in [0, 0.1) is 0 Å². The fourth-order valence-electron chi connectivity index (χ4n) is 2.48. The lowest BCUT2D eigenvalue weighted by Gasteiger charge is -2.35. The maximum absolute atomic E-state index is 11.4. The van der Waals surface area contributed by atoms with Crippen molar-refractivity contribution in [2.24, 2.45) is 0 Å². The number of carbonyl (C=O) groups excluding carboxylic acids is 1. The smallest absolute Gasteiger partial charge is 0.235 e.